The van der Waals surface area contributed by atoms with Crippen LogP contribution in [0.2, 0.25) is 0 Å². The number of amides is 3. The molecule has 126 valence electrons. The number of carbonyl (C=O) groups is 2. The highest BCUT2D eigenvalue weighted by Crippen LogP contribution is 2.32. The van der Waals surface area contributed by atoms with E-state index in [4.69, 9.17) is 9.47 Å². The Bertz CT molecular complexity index is 576. The molecule has 2 unspecified atom stereocenters. The van der Waals surface area contributed by atoms with E-state index < -0.39 is 6.10 Å². The second-order valence-corrected chi connectivity index (χ2v) is 5.37. The lowest BCUT2D eigenvalue weighted by Crippen LogP contribution is -2.39. The van der Waals surface area contributed by atoms with Crippen molar-refractivity contribution in [3.63, 3.8) is 0 Å². The number of methoxy groups -OCH3 is 1. The van der Waals surface area contributed by atoms with Gasteiger partial charge in [-0.2, -0.15) is 0 Å². The molecule has 7 nitrogen and oxygen atoms in total. The number of fused-ring (bicyclic) bond motifs is 1. The van der Waals surface area contributed by atoms with Gasteiger partial charge in [0.1, 0.15) is 5.75 Å². The van der Waals surface area contributed by atoms with E-state index in [2.05, 4.69) is 16.0 Å². The average Bonchev–Trinajstić information content (AvgIpc) is 2.53. The van der Waals surface area contributed by atoms with E-state index in [1.54, 1.807) is 13.2 Å². The van der Waals surface area contributed by atoms with Crippen LogP contribution in [-0.2, 0) is 9.53 Å². The maximum atomic E-state index is 11.8. The SMILES string of the molecule is CCC1Oc2cc(C(C)NC(=O)NCCOC)ccc2NC1=O. The largest absolute Gasteiger partial charge is 0.478 e. The Morgan fingerprint density at radius 2 is 2.26 bits per heavy atom. The van der Waals surface area contributed by atoms with Gasteiger partial charge >= 0.3 is 6.03 Å². The maximum absolute atomic E-state index is 11.8. The van der Waals surface area contributed by atoms with Crippen LogP contribution in [0.3, 0.4) is 0 Å². The lowest BCUT2D eigenvalue weighted by Gasteiger charge is -2.26. The molecule has 0 aliphatic carbocycles. The number of benzene rings is 1. The summed E-state index contributed by atoms with van der Waals surface area (Å²) in [6, 6.07) is 5.04. The number of ether oxygens (including phenoxy) is 2. The zero-order chi connectivity index (χ0) is 16.8. The first-order valence-electron chi connectivity index (χ1n) is 7.70. The van der Waals surface area contributed by atoms with Gasteiger partial charge in [0.15, 0.2) is 6.10 Å². The fourth-order valence-electron chi connectivity index (χ4n) is 2.30. The van der Waals surface area contributed by atoms with E-state index in [-0.39, 0.29) is 18.0 Å². The van der Waals surface area contributed by atoms with Crippen LogP contribution in [0.4, 0.5) is 10.5 Å². The minimum Gasteiger partial charge on any atom is -0.478 e. The first-order valence-corrected chi connectivity index (χ1v) is 7.70. The van der Waals surface area contributed by atoms with Crippen LogP contribution in [0.15, 0.2) is 18.2 Å². The van der Waals surface area contributed by atoms with Crippen LogP contribution in [-0.4, -0.2) is 38.3 Å². The summed E-state index contributed by atoms with van der Waals surface area (Å²) in [5, 5.41) is 8.38. The molecule has 3 amide bonds. The van der Waals surface area contributed by atoms with Gasteiger partial charge in [-0.25, -0.2) is 4.79 Å². The van der Waals surface area contributed by atoms with Gasteiger partial charge in [-0.3, -0.25) is 4.79 Å². The smallest absolute Gasteiger partial charge is 0.315 e. The van der Waals surface area contributed by atoms with Gasteiger partial charge in [0.25, 0.3) is 5.91 Å². The van der Waals surface area contributed by atoms with E-state index >= 15 is 0 Å². The minimum absolute atomic E-state index is 0.128. The van der Waals surface area contributed by atoms with E-state index in [0.29, 0.717) is 31.0 Å². The van der Waals surface area contributed by atoms with Gasteiger partial charge in [0.05, 0.1) is 18.3 Å². The van der Waals surface area contributed by atoms with E-state index in [1.165, 1.54) is 0 Å². The molecule has 1 heterocycles. The van der Waals surface area contributed by atoms with Crippen LogP contribution in [0.5, 0.6) is 5.75 Å². The minimum atomic E-state index is -0.474. The van der Waals surface area contributed by atoms with Gasteiger partial charge < -0.3 is 25.4 Å². The van der Waals surface area contributed by atoms with E-state index in [9.17, 15) is 9.59 Å². The molecule has 0 saturated heterocycles. The standard InChI is InChI=1S/C16H23N3O4/c1-4-13-15(20)19-12-6-5-11(9-14(12)23-13)10(2)18-16(21)17-7-8-22-3/h5-6,9-10,13H,4,7-8H2,1-3H3,(H,19,20)(H2,17,18,21). The summed E-state index contributed by atoms with van der Waals surface area (Å²) in [5.74, 6) is 0.499. The van der Waals surface area contributed by atoms with Crippen LogP contribution >= 0.6 is 0 Å². The number of carbonyl (C=O) groups excluding carboxylic acids is 2. The van der Waals surface area contributed by atoms with Crippen LogP contribution in [0.25, 0.3) is 0 Å². The third-order valence-corrected chi connectivity index (χ3v) is 3.64. The Hall–Kier alpha value is -2.28. The fraction of sp³-hybridized carbons (Fsp3) is 0.500. The summed E-state index contributed by atoms with van der Waals surface area (Å²) in [6.07, 6.45) is 0.129. The topological polar surface area (TPSA) is 88.7 Å². The molecule has 0 spiro atoms. The van der Waals surface area contributed by atoms with Gasteiger partial charge in [-0.1, -0.05) is 13.0 Å². The second kappa shape index (κ2) is 7.82. The molecule has 3 N–H and O–H groups in total. The highest BCUT2D eigenvalue weighted by Gasteiger charge is 2.26. The van der Waals surface area contributed by atoms with Crippen LogP contribution in [0, 0.1) is 0 Å². The molecule has 1 aromatic rings. The lowest BCUT2D eigenvalue weighted by atomic mass is 10.1. The molecule has 1 aromatic carbocycles. The molecule has 0 bridgehead atoms. The number of rotatable bonds is 6. The van der Waals surface area contributed by atoms with Crippen molar-refractivity contribution in [2.45, 2.75) is 32.4 Å². The van der Waals surface area contributed by atoms with Crippen LogP contribution in [0.1, 0.15) is 31.9 Å². The highest BCUT2D eigenvalue weighted by molar-refractivity contribution is 5.97. The molecule has 2 atom stereocenters. The Labute approximate surface area is 135 Å². The third kappa shape index (κ3) is 4.35. The summed E-state index contributed by atoms with van der Waals surface area (Å²) in [7, 11) is 1.58. The van der Waals surface area contributed by atoms with Crippen molar-refractivity contribution in [3.05, 3.63) is 23.8 Å². The quantitative estimate of drug-likeness (QED) is 0.697. The van der Waals surface area contributed by atoms with Crippen molar-refractivity contribution in [2.24, 2.45) is 0 Å². The Morgan fingerprint density at radius 3 is 2.96 bits per heavy atom. The summed E-state index contributed by atoms with van der Waals surface area (Å²) in [6.45, 7) is 4.70. The predicted octanol–water partition coefficient (Wildman–Crippen LogP) is 1.80. The van der Waals surface area contributed by atoms with Crippen molar-refractivity contribution in [1.29, 1.82) is 0 Å². The van der Waals surface area contributed by atoms with Gasteiger partial charge in [0.2, 0.25) is 0 Å². The molecule has 7 heteroatoms. The molecule has 0 radical (unpaired) electrons. The molecule has 1 aliphatic heterocycles. The molecule has 1 aliphatic rings. The Balaban J connectivity index is 2.01. The molecule has 0 aromatic heterocycles. The first kappa shape index (κ1) is 17.1. The molecular formula is C16H23N3O4. The van der Waals surface area contributed by atoms with Gasteiger partial charge in [0, 0.05) is 13.7 Å². The van der Waals surface area contributed by atoms with E-state index in [0.717, 1.165) is 5.56 Å². The zero-order valence-electron chi connectivity index (χ0n) is 13.6. The summed E-state index contributed by atoms with van der Waals surface area (Å²) >= 11 is 0. The summed E-state index contributed by atoms with van der Waals surface area (Å²) in [4.78, 5) is 23.5. The van der Waals surface area contributed by atoms with Gasteiger partial charge in [-0.15, -0.1) is 0 Å². The predicted molar refractivity (Wildman–Crippen MR) is 86.6 cm³/mol. The Morgan fingerprint density at radius 1 is 1.48 bits per heavy atom. The number of nitrogens with one attached hydrogen (secondary N) is 3. The number of hydrogen-bond acceptors (Lipinski definition) is 4. The third-order valence-electron chi connectivity index (χ3n) is 3.64. The second-order valence-electron chi connectivity index (χ2n) is 5.37. The molecule has 0 saturated carbocycles. The van der Waals surface area contributed by atoms with Crippen molar-refractivity contribution in [1.82, 2.24) is 10.6 Å². The fourth-order valence-corrected chi connectivity index (χ4v) is 2.30. The monoisotopic (exact) mass is 321 g/mol. The molecule has 23 heavy (non-hydrogen) atoms. The average molecular weight is 321 g/mol. The number of hydrogen-bond donors (Lipinski definition) is 3. The van der Waals surface area contributed by atoms with E-state index in [1.807, 2.05) is 26.0 Å². The normalized spacial score (nSPS) is 17.5. The highest BCUT2D eigenvalue weighted by atomic mass is 16.5. The molecule has 0 fully saturated rings. The summed E-state index contributed by atoms with van der Waals surface area (Å²) in [5.41, 5.74) is 1.55. The van der Waals surface area contributed by atoms with Gasteiger partial charge in [-0.05, 0) is 31.0 Å². The lowest BCUT2D eigenvalue weighted by molar-refractivity contribution is -0.123. The number of urea groups is 1. The Kier molecular flexibility index (Phi) is 5.81. The summed E-state index contributed by atoms with van der Waals surface area (Å²) < 4.78 is 10.6. The first-order chi connectivity index (χ1) is 11.0. The maximum Gasteiger partial charge on any atom is 0.315 e. The number of anilines is 1. The van der Waals surface area contributed by atoms with Crippen molar-refractivity contribution in [3.8, 4) is 5.75 Å². The van der Waals surface area contributed by atoms with Crippen LogP contribution < -0.4 is 20.7 Å². The van der Waals surface area contributed by atoms with Crippen molar-refractivity contribution in [2.75, 3.05) is 25.6 Å². The van der Waals surface area contributed by atoms with Crippen molar-refractivity contribution >= 4 is 17.6 Å². The molecule has 2 rings (SSSR count). The zero-order valence-corrected chi connectivity index (χ0v) is 13.6. The molecular weight excluding hydrogens is 298 g/mol. The van der Waals surface area contributed by atoms with Crippen molar-refractivity contribution < 1.29 is 19.1 Å².